The minimum absolute atomic E-state index is 0.0278. The first-order chi connectivity index (χ1) is 4.29. The average molecular weight is 126 g/mol. The standard InChI is InChI=1S/C3H2N4O2/c8-7(9)6-3-1-4-2-5-3/h1-2H. The Balaban J connectivity index is 2.73. The highest BCUT2D eigenvalue weighted by atomic mass is 16.7. The van der Waals surface area contributed by atoms with Crippen molar-refractivity contribution in [3.8, 4) is 0 Å². The fourth-order valence-corrected chi connectivity index (χ4v) is 0.361. The highest BCUT2D eigenvalue weighted by Crippen LogP contribution is 1.84. The molecule has 1 heterocycles. The van der Waals surface area contributed by atoms with Crippen molar-refractivity contribution in [1.29, 1.82) is 0 Å². The summed E-state index contributed by atoms with van der Waals surface area (Å²) in [5.74, 6) is 0.0278. The summed E-state index contributed by atoms with van der Waals surface area (Å²) in [7, 11) is 0. The van der Waals surface area contributed by atoms with Crippen molar-refractivity contribution in [2.45, 2.75) is 0 Å². The topological polar surface area (TPSA) is 80.2 Å². The van der Waals surface area contributed by atoms with Crippen LogP contribution in [0.15, 0.2) is 15.1 Å². The maximum atomic E-state index is 9.64. The predicted molar refractivity (Wildman–Crippen MR) is 31.4 cm³/mol. The van der Waals surface area contributed by atoms with Crippen LogP contribution in [0.2, 0.25) is 0 Å². The number of amidine groups is 1. The monoisotopic (exact) mass is 126 g/mol. The number of aliphatic imine (C=N–C) groups is 2. The Labute approximate surface area is 49.8 Å². The maximum absolute atomic E-state index is 9.64. The van der Waals surface area contributed by atoms with E-state index in [-0.39, 0.29) is 5.84 Å². The van der Waals surface area contributed by atoms with Gasteiger partial charge in [-0.2, -0.15) is 0 Å². The molecule has 0 aromatic rings. The van der Waals surface area contributed by atoms with Crippen LogP contribution in [0.1, 0.15) is 0 Å². The predicted octanol–water partition coefficient (Wildman–Crippen LogP) is -0.311. The average Bonchev–Trinajstić information content (AvgIpc) is 2.15. The lowest BCUT2D eigenvalue weighted by Crippen LogP contribution is -1.96. The van der Waals surface area contributed by atoms with Gasteiger partial charge in [-0.3, -0.25) is 0 Å². The Bertz CT molecular complexity index is 202. The molecule has 0 spiro atoms. The van der Waals surface area contributed by atoms with Gasteiger partial charge in [0.1, 0.15) is 6.34 Å². The van der Waals surface area contributed by atoms with E-state index in [1.807, 2.05) is 0 Å². The van der Waals surface area contributed by atoms with E-state index in [0.717, 1.165) is 0 Å². The molecule has 0 radical (unpaired) electrons. The Morgan fingerprint density at radius 3 is 3.00 bits per heavy atom. The molecule has 1 aliphatic heterocycles. The van der Waals surface area contributed by atoms with Crippen LogP contribution in [-0.4, -0.2) is 23.4 Å². The molecule has 6 nitrogen and oxygen atoms in total. The van der Waals surface area contributed by atoms with E-state index in [9.17, 15) is 10.1 Å². The van der Waals surface area contributed by atoms with Gasteiger partial charge in [-0.05, 0) is 0 Å². The summed E-state index contributed by atoms with van der Waals surface area (Å²) in [5, 5.41) is 11.7. The lowest BCUT2D eigenvalue weighted by atomic mass is 10.7. The van der Waals surface area contributed by atoms with Gasteiger partial charge in [-0.25, -0.2) is 20.1 Å². The van der Waals surface area contributed by atoms with Gasteiger partial charge >= 0.3 is 0 Å². The zero-order chi connectivity index (χ0) is 6.69. The van der Waals surface area contributed by atoms with Crippen molar-refractivity contribution in [1.82, 2.24) is 0 Å². The number of rotatable bonds is 1. The van der Waals surface area contributed by atoms with Crippen LogP contribution in [0, 0.1) is 10.1 Å². The summed E-state index contributed by atoms with van der Waals surface area (Å²) in [6.45, 7) is 0. The molecule has 46 valence electrons. The van der Waals surface area contributed by atoms with Crippen molar-refractivity contribution < 1.29 is 5.03 Å². The summed E-state index contributed by atoms with van der Waals surface area (Å²) in [4.78, 5) is 16.5. The Morgan fingerprint density at radius 1 is 1.78 bits per heavy atom. The minimum Gasteiger partial charge on any atom is -0.241 e. The number of nitro groups is 1. The lowest BCUT2D eigenvalue weighted by molar-refractivity contribution is -0.484. The molecule has 0 saturated heterocycles. The highest BCUT2D eigenvalue weighted by molar-refractivity contribution is 6.34. The molecule has 0 N–H and O–H groups in total. The van der Waals surface area contributed by atoms with Crippen LogP contribution in [0.4, 0.5) is 0 Å². The number of hydrogen-bond acceptors (Lipinski definition) is 3. The van der Waals surface area contributed by atoms with E-state index in [2.05, 4.69) is 15.1 Å². The Morgan fingerprint density at radius 2 is 2.56 bits per heavy atom. The van der Waals surface area contributed by atoms with Gasteiger partial charge in [0.15, 0.2) is 5.03 Å². The first kappa shape index (κ1) is 5.54. The minimum atomic E-state index is -0.815. The van der Waals surface area contributed by atoms with Gasteiger partial charge < -0.3 is 0 Å². The SMILES string of the molecule is O=[N+]([O-])N=C1C=NC=N1. The fraction of sp³-hybridized carbons (Fsp3) is 0. The third kappa shape index (κ3) is 1.41. The number of hydrogen-bond donors (Lipinski definition) is 0. The van der Waals surface area contributed by atoms with E-state index >= 15 is 0 Å². The zero-order valence-electron chi connectivity index (χ0n) is 4.26. The van der Waals surface area contributed by atoms with Gasteiger partial charge in [-0.15, -0.1) is 0 Å². The Hall–Kier alpha value is -1.59. The molecule has 0 aromatic heterocycles. The summed E-state index contributed by atoms with van der Waals surface area (Å²) < 4.78 is 0. The summed E-state index contributed by atoms with van der Waals surface area (Å²) in [5.41, 5.74) is 0. The Kier molecular flexibility index (Phi) is 1.31. The molecular formula is C3H2N4O2. The van der Waals surface area contributed by atoms with Crippen molar-refractivity contribution in [2.24, 2.45) is 15.1 Å². The molecule has 0 unspecified atom stereocenters. The van der Waals surface area contributed by atoms with Crippen molar-refractivity contribution in [3.05, 3.63) is 10.1 Å². The van der Waals surface area contributed by atoms with Crippen molar-refractivity contribution >= 4 is 18.4 Å². The van der Waals surface area contributed by atoms with Crippen molar-refractivity contribution in [3.63, 3.8) is 0 Å². The van der Waals surface area contributed by atoms with E-state index in [4.69, 9.17) is 0 Å². The van der Waals surface area contributed by atoms with E-state index in [1.54, 1.807) is 0 Å². The molecule has 9 heavy (non-hydrogen) atoms. The van der Waals surface area contributed by atoms with Gasteiger partial charge in [0, 0.05) is 0 Å². The van der Waals surface area contributed by atoms with E-state index in [1.165, 1.54) is 12.6 Å². The normalized spacial score (nSPS) is 19.3. The van der Waals surface area contributed by atoms with Gasteiger partial charge in [0.25, 0.3) is 0 Å². The van der Waals surface area contributed by atoms with Gasteiger partial charge in [-0.1, -0.05) is 0 Å². The molecule has 0 aromatic carbocycles. The number of nitrogens with zero attached hydrogens (tertiary/aromatic N) is 4. The molecule has 1 rings (SSSR count). The first-order valence-electron chi connectivity index (χ1n) is 2.08. The quantitative estimate of drug-likeness (QED) is 0.356. The molecule has 0 bridgehead atoms. The largest absolute Gasteiger partial charge is 0.246 e. The van der Waals surface area contributed by atoms with Crippen LogP contribution in [-0.2, 0) is 0 Å². The number of hydrazone groups is 1. The second kappa shape index (κ2) is 2.12. The second-order valence-corrected chi connectivity index (χ2v) is 1.22. The first-order valence-corrected chi connectivity index (χ1v) is 2.08. The van der Waals surface area contributed by atoms with Crippen LogP contribution < -0.4 is 0 Å². The summed E-state index contributed by atoms with van der Waals surface area (Å²) in [6.07, 6.45) is 2.41. The zero-order valence-corrected chi connectivity index (χ0v) is 4.26. The third-order valence-corrected chi connectivity index (χ3v) is 0.631. The van der Waals surface area contributed by atoms with Gasteiger partial charge in [0.05, 0.1) is 11.3 Å². The second-order valence-electron chi connectivity index (χ2n) is 1.22. The van der Waals surface area contributed by atoms with Crippen LogP contribution in [0.5, 0.6) is 0 Å². The molecule has 0 aliphatic carbocycles. The molecule has 6 heteroatoms. The van der Waals surface area contributed by atoms with E-state index in [0.29, 0.717) is 0 Å². The molecule has 0 amide bonds. The smallest absolute Gasteiger partial charge is 0.241 e. The van der Waals surface area contributed by atoms with E-state index < -0.39 is 5.03 Å². The fourth-order valence-electron chi connectivity index (χ4n) is 0.361. The lowest BCUT2D eigenvalue weighted by Gasteiger charge is -1.75. The molecule has 0 atom stereocenters. The summed E-state index contributed by atoms with van der Waals surface area (Å²) >= 11 is 0. The third-order valence-electron chi connectivity index (χ3n) is 0.631. The highest BCUT2D eigenvalue weighted by Gasteiger charge is 2.00. The molecule has 1 aliphatic rings. The van der Waals surface area contributed by atoms with Gasteiger partial charge in [0.2, 0.25) is 5.84 Å². The molecular weight excluding hydrogens is 124 g/mol. The van der Waals surface area contributed by atoms with Crippen molar-refractivity contribution in [2.75, 3.05) is 0 Å². The van der Waals surface area contributed by atoms with Crippen LogP contribution >= 0.6 is 0 Å². The van der Waals surface area contributed by atoms with Crippen LogP contribution in [0.25, 0.3) is 0 Å². The maximum Gasteiger partial charge on any atom is 0.246 e. The molecule has 0 fully saturated rings. The molecule has 0 saturated carbocycles. The van der Waals surface area contributed by atoms with Crippen LogP contribution in [0.3, 0.4) is 0 Å². The summed E-state index contributed by atoms with van der Waals surface area (Å²) in [6, 6.07) is 0.